The van der Waals surface area contributed by atoms with Crippen LogP contribution < -0.4 is 20.5 Å². The molecule has 0 atom stereocenters. The molecule has 2 rings (SSSR count). The van der Waals surface area contributed by atoms with Crippen molar-refractivity contribution in [2.24, 2.45) is 5.73 Å². The second-order valence-electron chi connectivity index (χ2n) is 4.57. The van der Waals surface area contributed by atoms with E-state index in [1.807, 2.05) is 0 Å². The first kappa shape index (κ1) is 17.4. The number of aromatic nitrogens is 1. The van der Waals surface area contributed by atoms with Crippen LogP contribution in [0.15, 0.2) is 30.5 Å². The van der Waals surface area contributed by atoms with Crippen molar-refractivity contribution >= 4 is 29.2 Å². The zero-order valence-corrected chi connectivity index (χ0v) is 13.3. The zero-order valence-electron chi connectivity index (χ0n) is 12.6. The van der Waals surface area contributed by atoms with Crippen LogP contribution in [0.5, 0.6) is 17.2 Å². The Labute approximate surface area is 142 Å². The third kappa shape index (κ3) is 4.05. The maximum Gasteiger partial charge on any atom is 0.257 e. The average Bonchev–Trinajstić information content (AvgIpc) is 2.54. The number of nitrogens with two attached hydrogens (primary N) is 1. The third-order valence-corrected chi connectivity index (χ3v) is 3.15. The van der Waals surface area contributed by atoms with Crippen LogP contribution >= 0.6 is 11.6 Å². The van der Waals surface area contributed by atoms with Gasteiger partial charge in [0, 0.05) is 11.8 Å². The molecule has 1 aromatic heterocycles. The number of carbonyl (C=O) groups excluding carboxylic acids is 2. The standard InChI is InChI=1S/C15H14ClN3O5/c1-23-11-6-8(5-9(16)13(11)24-7-12(17)21)15(22)19-14-10(20)3-2-4-18-14/h2-6,20H,7H2,1H3,(H2,17,21)(H,18,19,22). The van der Waals surface area contributed by atoms with Gasteiger partial charge in [-0.3, -0.25) is 9.59 Å². The summed E-state index contributed by atoms with van der Waals surface area (Å²) >= 11 is 6.07. The first-order valence-corrected chi connectivity index (χ1v) is 7.04. The summed E-state index contributed by atoms with van der Waals surface area (Å²) in [4.78, 5) is 26.9. The lowest BCUT2D eigenvalue weighted by molar-refractivity contribution is -0.119. The molecule has 9 heteroatoms. The molecule has 8 nitrogen and oxygen atoms in total. The van der Waals surface area contributed by atoms with Crippen LogP contribution in [0.3, 0.4) is 0 Å². The number of nitrogens with one attached hydrogen (secondary N) is 1. The van der Waals surface area contributed by atoms with E-state index in [2.05, 4.69) is 10.3 Å². The highest BCUT2D eigenvalue weighted by atomic mass is 35.5. The van der Waals surface area contributed by atoms with Crippen LogP contribution in [0, 0.1) is 0 Å². The highest BCUT2D eigenvalue weighted by Crippen LogP contribution is 2.36. The third-order valence-electron chi connectivity index (χ3n) is 2.87. The van der Waals surface area contributed by atoms with E-state index in [0.29, 0.717) is 0 Å². The molecule has 2 aromatic rings. The van der Waals surface area contributed by atoms with Gasteiger partial charge in [0.1, 0.15) is 0 Å². The van der Waals surface area contributed by atoms with Crippen molar-refractivity contribution in [3.05, 3.63) is 41.0 Å². The van der Waals surface area contributed by atoms with Crippen molar-refractivity contribution in [2.75, 3.05) is 19.0 Å². The molecule has 0 saturated heterocycles. The fraction of sp³-hybridized carbons (Fsp3) is 0.133. The molecular formula is C15H14ClN3O5. The van der Waals surface area contributed by atoms with Gasteiger partial charge in [-0.25, -0.2) is 4.98 Å². The molecule has 0 saturated carbocycles. The quantitative estimate of drug-likeness (QED) is 0.725. The lowest BCUT2D eigenvalue weighted by atomic mass is 10.2. The Morgan fingerprint density at radius 1 is 1.42 bits per heavy atom. The van der Waals surface area contributed by atoms with Gasteiger partial charge in [0.2, 0.25) is 0 Å². The van der Waals surface area contributed by atoms with Gasteiger partial charge in [-0.1, -0.05) is 11.6 Å². The SMILES string of the molecule is COc1cc(C(=O)Nc2ncccc2O)cc(Cl)c1OCC(N)=O. The number of benzene rings is 1. The van der Waals surface area contributed by atoms with Gasteiger partial charge in [-0.15, -0.1) is 0 Å². The lowest BCUT2D eigenvalue weighted by Gasteiger charge is -2.13. The molecule has 0 aliphatic carbocycles. The summed E-state index contributed by atoms with van der Waals surface area (Å²) in [5, 5.41) is 12.1. The topological polar surface area (TPSA) is 124 Å². The highest BCUT2D eigenvalue weighted by molar-refractivity contribution is 6.32. The number of hydrogen-bond acceptors (Lipinski definition) is 6. The molecule has 0 aliphatic heterocycles. The van der Waals surface area contributed by atoms with Crippen LogP contribution in [-0.2, 0) is 4.79 Å². The van der Waals surface area contributed by atoms with Gasteiger partial charge in [-0.05, 0) is 24.3 Å². The van der Waals surface area contributed by atoms with Gasteiger partial charge in [0.15, 0.2) is 29.7 Å². The predicted octanol–water partition coefficient (Wildman–Crippen LogP) is 1.57. The maximum absolute atomic E-state index is 12.3. The minimum atomic E-state index is -0.680. The van der Waals surface area contributed by atoms with E-state index in [-0.39, 0.29) is 40.3 Å². The number of amides is 2. The van der Waals surface area contributed by atoms with Crippen LogP contribution in [0.2, 0.25) is 5.02 Å². The molecule has 1 heterocycles. The summed E-state index contributed by atoms with van der Waals surface area (Å²) in [6.07, 6.45) is 1.42. The molecule has 0 fully saturated rings. The molecule has 126 valence electrons. The highest BCUT2D eigenvalue weighted by Gasteiger charge is 2.17. The molecule has 0 bridgehead atoms. The molecule has 0 unspecified atom stereocenters. The number of aromatic hydroxyl groups is 1. The number of carbonyl (C=O) groups is 2. The minimum absolute atomic E-state index is 0.00615. The second kappa shape index (κ2) is 7.51. The number of methoxy groups -OCH3 is 1. The Morgan fingerprint density at radius 3 is 2.79 bits per heavy atom. The number of halogens is 1. The Balaban J connectivity index is 2.27. The van der Waals surface area contributed by atoms with Gasteiger partial charge < -0.3 is 25.6 Å². The average molecular weight is 352 g/mol. The summed E-state index contributed by atoms with van der Waals surface area (Å²) in [7, 11) is 1.36. The number of anilines is 1. The van der Waals surface area contributed by atoms with E-state index in [1.54, 1.807) is 0 Å². The molecular weight excluding hydrogens is 338 g/mol. The summed E-state index contributed by atoms with van der Waals surface area (Å²) in [5.74, 6) is -1.17. The van der Waals surface area contributed by atoms with E-state index in [1.165, 1.54) is 37.6 Å². The van der Waals surface area contributed by atoms with E-state index >= 15 is 0 Å². The van der Waals surface area contributed by atoms with Crippen molar-refractivity contribution < 1.29 is 24.2 Å². The van der Waals surface area contributed by atoms with Crippen molar-refractivity contribution in [1.82, 2.24) is 4.98 Å². The number of nitrogens with zero attached hydrogens (tertiary/aromatic N) is 1. The van der Waals surface area contributed by atoms with Gasteiger partial charge in [-0.2, -0.15) is 0 Å². The van der Waals surface area contributed by atoms with E-state index in [0.717, 1.165) is 0 Å². The lowest BCUT2D eigenvalue weighted by Crippen LogP contribution is -2.20. The van der Waals surface area contributed by atoms with Gasteiger partial charge >= 0.3 is 0 Å². The smallest absolute Gasteiger partial charge is 0.257 e. The Bertz CT molecular complexity index is 782. The molecule has 2 amide bonds. The zero-order chi connectivity index (χ0) is 17.7. The van der Waals surface area contributed by atoms with Crippen molar-refractivity contribution in [1.29, 1.82) is 0 Å². The molecule has 24 heavy (non-hydrogen) atoms. The fourth-order valence-corrected chi connectivity index (χ4v) is 2.07. The van der Waals surface area contributed by atoms with Crippen molar-refractivity contribution in [3.8, 4) is 17.2 Å². The van der Waals surface area contributed by atoms with Crippen LogP contribution in [0.4, 0.5) is 5.82 Å². The summed E-state index contributed by atoms with van der Waals surface area (Å²) < 4.78 is 10.3. The number of rotatable bonds is 6. The molecule has 0 spiro atoms. The summed E-state index contributed by atoms with van der Waals surface area (Å²) in [5.41, 5.74) is 5.16. The minimum Gasteiger partial charge on any atom is -0.504 e. The Kier molecular flexibility index (Phi) is 5.43. The summed E-state index contributed by atoms with van der Waals surface area (Å²) in [6, 6.07) is 5.61. The van der Waals surface area contributed by atoms with Gasteiger partial charge in [0.05, 0.1) is 12.1 Å². The normalized spacial score (nSPS) is 10.1. The molecule has 0 aliphatic rings. The van der Waals surface area contributed by atoms with Crippen LogP contribution in [0.25, 0.3) is 0 Å². The van der Waals surface area contributed by atoms with Crippen molar-refractivity contribution in [2.45, 2.75) is 0 Å². The molecule has 4 N–H and O–H groups in total. The molecule has 1 aromatic carbocycles. The second-order valence-corrected chi connectivity index (χ2v) is 4.98. The number of ether oxygens (including phenoxy) is 2. The van der Waals surface area contributed by atoms with Crippen LogP contribution in [-0.4, -0.2) is 35.6 Å². The fourth-order valence-electron chi connectivity index (χ4n) is 1.81. The maximum atomic E-state index is 12.3. The first-order chi connectivity index (χ1) is 11.4. The number of primary amides is 1. The number of pyridine rings is 1. The predicted molar refractivity (Wildman–Crippen MR) is 86.5 cm³/mol. The monoisotopic (exact) mass is 351 g/mol. The first-order valence-electron chi connectivity index (χ1n) is 6.66. The van der Waals surface area contributed by atoms with Crippen LogP contribution in [0.1, 0.15) is 10.4 Å². The largest absolute Gasteiger partial charge is 0.504 e. The van der Waals surface area contributed by atoms with E-state index in [9.17, 15) is 14.7 Å². The Hall–Kier alpha value is -3.00. The van der Waals surface area contributed by atoms with E-state index < -0.39 is 11.8 Å². The molecule has 0 radical (unpaired) electrons. The van der Waals surface area contributed by atoms with Gasteiger partial charge in [0.25, 0.3) is 11.8 Å². The summed E-state index contributed by atoms with van der Waals surface area (Å²) in [6.45, 7) is -0.385. The van der Waals surface area contributed by atoms with Crippen molar-refractivity contribution in [3.63, 3.8) is 0 Å². The van der Waals surface area contributed by atoms with E-state index in [4.69, 9.17) is 26.8 Å². The number of hydrogen-bond donors (Lipinski definition) is 3. The Morgan fingerprint density at radius 2 is 2.17 bits per heavy atom.